The average Bonchev–Trinajstić information content (AvgIpc) is 2.41. The van der Waals surface area contributed by atoms with Crippen LogP contribution in [0.15, 0.2) is 30.7 Å². The Balaban J connectivity index is 2.09. The Hall–Kier alpha value is -2.21. The first-order chi connectivity index (χ1) is 8.69. The molecule has 0 saturated heterocycles. The van der Waals surface area contributed by atoms with Crippen LogP contribution in [-0.4, -0.2) is 27.9 Å². The second kappa shape index (κ2) is 5.42. The summed E-state index contributed by atoms with van der Waals surface area (Å²) in [6, 6.07) is 3.25. The van der Waals surface area contributed by atoms with Gasteiger partial charge in [0.1, 0.15) is 17.3 Å². The van der Waals surface area contributed by atoms with Crippen LogP contribution < -0.4 is 10.6 Å². The van der Waals surface area contributed by atoms with Gasteiger partial charge >= 0.3 is 0 Å². The van der Waals surface area contributed by atoms with Gasteiger partial charge < -0.3 is 10.6 Å². The molecule has 0 saturated carbocycles. The molecule has 0 atom stereocenters. The zero-order valence-electron chi connectivity index (χ0n) is 9.51. The number of amides is 1. The van der Waals surface area contributed by atoms with Gasteiger partial charge in [0, 0.05) is 13.2 Å². The van der Waals surface area contributed by atoms with Gasteiger partial charge in [0.15, 0.2) is 0 Å². The van der Waals surface area contributed by atoms with E-state index in [1.807, 2.05) is 0 Å². The van der Waals surface area contributed by atoms with Crippen LogP contribution >= 0.6 is 11.6 Å². The van der Waals surface area contributed by atoms with Gasteiger partial charge in [-0.25, -0.2) is 15.0 Å². The van der Waals surface area contributed by atoms with Crippen molar-refractivity contribution in [3.63, 3.8) is 0 Å². The van der Waals surface area contributed by atoms with Crippen molar-refractivity contribution in [3.05, 3.63) is 41.4 Å². The molecule has 6 nitrogen and oxygen atoms in total. The highest BCUT2D eigenvalue weighted by atomic mass is 35.5. The minimum absolute atomic E-state index is 0.214. The summed E-state index contributed by atoms with van der Waals surface area (Å²) >= 11 is 5.69. The van der Waals surface area contributed by atoms with Crippen molar-refractivity contribution in [2.24, 2.45) is 0 Å². The largest absolute Gasteiger partial charge is 0.372 e. The second-order valence-electron chi connectivity index (χ2n) is 3.35. The van der Waals surface area contributed by atoms with Crippen LogP contribution in [0.3, 0.4) is 0 Å². The lowest BCUT2D eigenvalue weighted by Gasteiger charge is -2.04. The van der Waals surface area contributed by atoms with E-state index in [9.17, 15) is 4.79 Å². The fraction of sp³-hybridized carbons (Fsp3) is 0.0909. The molecular weight excluding hydrogens is 254 g/mol. The van der Waals surface area contributed by atoms with Crippen molar-refractivity contribution >= 4 is 29.1 Å². The molecule has 0 aromatic carbocycles. The normalized spacial score (nSPS) is 9.89. The number of hydrogen-bond acceptors (Lipinski definition) is 5. The zero-order chi connectivity index (χ0) is 13.0. The maximum atomic E-state index is 11.8. The number of anilines is 2. The van der Waals surface area contributed by atoms with E-state index in [2.05, 4.69) is 25.6 Å². The summed E-state index contributed by atoms with van der Waals surface area (Å²) in [5.41, 5.74) is 0.214. The Kier molecular flexibility index (Phi) is 3.69. The molecule has 0 spiro atoms. The molecule has 7 heteroatoms. The molecule has 0 fully saturated rings. The van der Waals surface area contributed by atoms with E-state index in [1.54, 1.807) is 19.2 Å². The van der Waals surface area contributed by atoms with E-state index in [0.717, 1.165) is 0 Å². The Morgan fingerprint density at radius 3 is 2.44 bits per heavy atom. The van der Waals surface area contributed by atoms with Crippen molar-refractivity contribution < 1.29 is 4.79 Å². The van der Waals surface area contributed by atoms with Gasteiger partial charge in [-0.1, -0.05) is 11.6 Å². The van der Waals surface area contributed by atoms with Crippen molar-refractivity contribution in [3.8, 4) is 0 Å². The summed E-state index contributed by atoms with van der Waals surface area (Å²) in [5.74, 6) is 0.625. The van der Waals surface area contributed by atoms with Gasteiger partial charge in [-0.2, -0.15) is 0 Å². The third-order valence-corrected chi connectivity index (χ3v) is 2.33. The molecule has 0 aliphatic carbocycles. The number of carbonyl (C=O) groups excluding carboxylic acids is 1. The number of halogens is 1. The van der Waals surface area contributed by atoms with Crippen LogP contribution in [0.4, 0.5) is 11.6 Å². The summed E-state index contributed by atoms with van der Waals surface area (Å²) in [6.45, 7) is 0. The van der Waals surface area contributed by atoms with Crippen LogP contribution in [0.2, 0.25) is 5.02 Å². The third kappa shape index (κ3) is 2.92. The Morgan fingerprint density at radius 1 is 1.11 bits per heavy atom. The summed E-state index contributed by atoms with van der Waals surface area (Å²) < 4.78 is 0. The van der Waals surface area contributed by atoms with Crippen LogP contribution in [-0.2, 0) is 0 Å². The predicted molar refractivity (Wildman–Crippen MR) is 68.8 cm³/mol. The highest BCUT2D eigenvalue weighted by Gasteiger charge is 2.08. The Morgan fingerprint density at radius 2 is 1.89 bits per heavy atom. The highest BCUT2D eigenvalue weighted by molar-refractivity contribution is 6.30. The zero-order valence-corrected chi connectivity index (χ0v) is 10.3. The fourth-order valence-corrected chi connectivity index (χ4v) is 1.32. The number of rotatable bonds is 3. The van der Waals surface area contributed by atoms with Crippen molar-refractivity contribution in [1.29, 1.82) is 0 Å². The first-order valence-corrected chi connectivity index (χ1v) is 5.49. The van der Waals surface area contributed by atoms with Crippen molar-refractivity contribution in [2.45, 2.75) is 0 Å². The summed E-state index contributed by atoms with van der Waals surface area (Å²) in [6.07, 6.45) is 4.31. The van der Waals surface area contributed by atoms with Crippen LogP contribution in [0, 0.1) is 0 Å². The maximum absolute atomic E-state index is 11.8. The number of hydrogen-bond donors (Lipinski definition) is 2. The van der Waals surface area contributed by atoms with Gasteiger partial charge in [-0.3, -0.25) is 4.79 Å². The van der Waals surface area contributed by atoms with Crippen molar-refractivity contribution in [2.75, 3.05) is 17.7 Å². The quantitative estimate of drug-likeness (QED) is 0.883. The molecule has 0 bridgehead atoms. The summed E-state index contributed by atoms with van der Waals surface area (Å²) in [7, 11) is 1.72. The second-order valence-corrected chi connectivity index (χ2v) is 3.79. The number of nitrogens with zero attached hydrogens (tertiary/aromatic N) is 3. The molecule has 2 aromatic heterocycles. The topological polar surface area (TPSA) is 79.8 Å². The average molecular weight is 264 g/mol. The van der Waals surface area contributed by atoms with Gasteiger partial charge in [0.2, 0.25) is 0 Å². The van der Waals surface area contributed by atoms with E-state index < -0.39 is 0 Å². The molecular formula is C11H10ClN5O. The van der Waals surface area contributed by atoms with Gasteiger partial charge in [-0.05, 0) is 12.1 Å². The van der Waals surface area contributed by atoms with E-state index in [1.165, 1.54) is 18.6 Å². The van der Waals surface area contributed by atoms with E-state index in [4.69, 9.17) is 11.6 Å². The van der Waals surface area contributed by atoms with E-state index >= 15 is 0 Å². The molecule has 2 rings (SSSR count). The molecule has 0 unspecified atom stereocenters. The number of carbonyl (C=O) groups is 1. The lowest BCUT2D eigenvalue weighted by Crippen LogP contribution is -2.15. The molecule has 0 radical (unpaired) electrons. The van der Waals surface area contributed by atoms with Crippen LogP contribution in [0.25, 0.3) is 0 Å². The minimum atomic E-state index is -0.375. The summed E-state index contributed by atoms with van der Waals surface area (Å²) in [5, 5.41) is 5.91. The molecule has 92 valence electrons. The summed E-state index contributed by atoms with van der Waals surface area (Å²) in [4.78, 5) is 23.7. The minimum Gasteiger partial charge on any atom is -0.372 e. The van der Waals surface area contributed by atoms with Gasteiger partial charge in [0.25, 0.3) is 5.91 Å². The van der Waals surface area contributed by atoms with Crippen LogP contribution in [0.5, 0.6) is 0 Å². The predicted octanol–water partition coefficient (Wildman–Crippen LogP) is 1.82. The lowest BCUT2D eigenvalue weighted by atomic mass is 10.4. The van der Waals surface area contributed by atoms with Crippen molar-refractivity contribution in [1.82, 2.24) is 15.0 Å². The number of nitrogens with one attached hydrogen (secondary N) is 2. The van der Waals surface area contributed by atoms with Gasteiger partial charge in [0.05, 0.1) is 17.4 Å². The molecule has 2 N–H and O–H groups in total. The molecule has 2 aromatic rings. The first kappa shape index (κ1) is 12.3. The standard InChI is InChI=1S/C11H10ClN5O/c1-13-10-6-14-8(5-16-10)11(18)17-9-3-2-7(12)4-15-9/h2-6H,1H3,(H,13,16)(H,15,17,18). The highest BCUT2D eigenvalue weighted by Crippen LogP contribution is 2.10. The molecule has 2 heterocycles. The SMILES string of the molecule is CNc1cnc(C(=O)Nc2ccc(Cl)cn2)cn1. The molecule has 0 aliphatic rings. The molecule has 1 amide bonds. The molecule has 18 heavy (non-hydrogen) atoms. The smallest absolute Gasteiger partial charge is 0.277 e. The first-order valence-electron chi connectivity index (χ1n) is 5.12. The Bertz CT molecular complexity index is 540. The lowest BCUT2D eigenvalue weighted by molar-refractivity contribution is 0.102. The fourth-order valence-electron chi connectivity index (χ4n) is 1.20. The van der Waals surface area contributed by atoms with Gasteiger partial charge in [-0.15, -0.1) is 0 Å². The van der Waals surface area contributed by atoms with E-state index in [-0.39, 0.29) is 11.6 Å². The number of aromatic nitrogens is 3. The Labute approximate surface area is 108 Å². The van der Waals surface area contributed by atoms with Crippen LogP contribution in [0.1, 0.15) is 10.5 Å². The molecule has 0 aliphatic heterocycles. The third-order valence-electron chi connectivity index (χ3n) is 2.11. The van der Waals surface area contributed by atoms with E-state index in [0.29, 0.717) is 16.7 Å². The maximum Gasteiger partial charge on any atom is 0.277 e. The number of pyridine rings is 1. The monoisotopic (exact) mass is 263 g/mol.